The fraction of sp³-hybridized carbons (Fsp3) is 0.242. The SMILES string of the molecule is COC(=O)CCC/C=C\C/C=C\C/C=C\CC[P+](c1ccccc1)(c1ccccc1)c1ccccc1. The van der Waals surface area contributed by atoms with Crippen LogP contribution in [0.25, 0.3) is 0 Å². The zero-order valence-electron chi connectivity index (χ0n) is 21.3. The largest absolute Gasteiger partial charge is 0.469 e. The summed E-state index contributed by atoms with van der Waals surface area (Å²) in [6.45, 7) is 0. The lowest BCUT2D eigenvalue weighted by Gasteiger charge is -2.27. The molecule has 0 saturated heterocycles. The standard InChI is InChI=1S/C33H38O2P/c1-35-33(34)28-20-9-7-5-3-2-4-6-8-10-21-29-36(30-22-14-11-15-23-30,31-24-16-12-17-25-31)32-26-18-13-19-27-32/h2,4-5,7-8,10-19,22-27H,3,6,9,20-21,28-29H2,1H3/q+1/b4-2-,7-5-,10-8-. The van der Waals surface area contributed by atoms with Crippen molar-refractivity contribution in [3.05, 3.63) is 127 Å². The normalized spacial score (nSPS) is 12.0. The van der Waals surface area contributed by atoms with Crippen molar-refractivity contribution < 1.29 is 9.53 Å². The average Bonchev–Trinajstić information content (AvgIpc) is 2.94. The molecule has 0 aliphatic rings. The number of carbonyl (C=O) groups is 1. The van der Waals surface area contributed by atoms with Crippen LogP contribution in [0.3, 0.4) is 0 Å². The van der Waals surface area contributed by atoms with Crippen LogP contribution in [0.5, 0.6) is 0 Å². The van der Waals surface area contributed by atoms with Crippen LogP contribution in [-0.2, 0) is 9.53 Å². The van der Waals surface area contributed by atoms with Gasteiger partial charge in [0.15, 0.2) is 0 Å². The van der Waals surface area contributed by atoms with Crippen LogP contribution in [0.2, 0.25) is 0 Å². The molecule has 3 aromatic rings. The van der Waals surface area contributed by atoms with Crippen LogP contribution in [0.15, 0.2) is 127 Å². The number of allylic oxidation sites excluding steroid dienone is 6. The van der Waals surface area contributed by atoms with Crippen molar-refractivity contribution in [3.63, 3.8) is 0 Å². The summed E-state index contributed by atoms with van der Waals surface area (Å²) in [6, 6.07) is 33.2. The number of hydrogen-bond donors (Lipinski definition) is 0. The molecule has 2 nitrogen and oxygen atoms in total. The summed E-state index contributed by atoms with van der Waals surface area (Å²) >= 11 is 0. The van der Waals surface area contributed by atoms with Crippen LogP contribution in [-0.4, -0.2) is 19.2 Å². The second-order valence-corrected chi connectivity index (χ2v) is 12.3. The molecule has 0 amide bonds. The zero-order chi connectivity index (χ0) is 25.3. The Balaban J connectivity index is 1.60. The second-order valence-electron chi connectivity index (χ2n) is 8.68. The quantitative estimate of drug-likeness (QED) is 0.102. The predicted molar refractivity (Wildman–Crippen MR) is 157 cm³/mol. The first-order chi connectivity index (χ1) is 17.8. The Morgan fingerprint density at radius 3 is 1.50 bits per heavy atom. The first-order valence-corrected chi connectivity index (χ1v) is 14.8. The molecule has 0 N–H and O–H groups in total. The fourth-order valence-corrected chi connectivity index (χ4v) is 8.64. The molecule has 0 unspecified atom stereocenters. The van der Waals surface area contributed by atoms with Gasteiger partial charge in [-0.25, -0.2) is 0 Å². The van der Waals surface area contributed by atoms with E-state index >= 15 is 0 Å². The first kappa shape index (κ1) is 27.4. The Bertz CT molecular complexity index is 1010. The Hall–Kier alpha value is -3.22. The molecule has 0 heterocycles. The molecule has 36 heavy (non-hydrogen) atoms. The minimum Gasteiger partial charge on any atom is -0.469 e. The minimum atomic E-state index is -1.75. The van der Waals surface area contributed by atoms with Crippen molar-refractivity contribution >= 4 is 29.1 Å². The van der Waals surface area contributed by atoms with Crippen LogP contribution in [0.4, 0.5) is 0 Å². The van der Waals surface area contributed by atoms with E-state index in [1.165, 1.54) is 23.0 Å². The van der Waals surface area contributed by atoms with Gasteiger partial charge in [0, 0.05) is 12.8 Å². The van der Waals surface area contributed by atoms with E-state index in [-0.39, 0.29) is 5.97 Å². The van der Waals surface area contributed by atoms with Crippen molar-refractivity contribution in [1.82, 2.24) is 0 Å². The molecule has 0 aromatic heterocycles. The minimum absolute atomic E-state index is 0.134. The molecule has 0 bridgehead atoms. The van der Waals surface area contributed by atoms with Crippen molar-refractivity contribution in [2.75, 3.05) is 13.3 Å². The highest BCUT2D eigenvalue weighted by Gasteiger charge is 2.44. The summed E-state index contributed by atoms with van der Waals surface area (Å²) in [5.74, 6) is -0.134. The second kappa shape index (κ2) is 15.7. The van der Waals surface area contributed by atoms with Gasteiger partial charge in [0.1, 0.15) is 23.2 Å². The van der Waals surface area contributed by atoms with E-state index < -0.39 is 7.26 Å². The summed E-state index contributed by atoms with van der Waals surface area (Å²) in [5.41, 5.74) is 0. The number of ether oxygens (including phenoxy) is 1. The number of hydrogen-bond acceptors (Lipinski definition) is 2. The molecule has 0 radical (unpaired) electrons. The van der Waals surface area contributed by atoms with Gasteiger partial charge < -0.3 is 4.74 Å². The molecular formula is C33H38O2P+. The smallest absolute Gasteiger partial charge is 0.305 e. The third kappa shape index (κ3) is 8.18. The van der Waals surface area contributed by atoms with Gasteiger partial charge in [-0.2, -0.15) is 0 Å². The molecule has 0 spiro atoms. The van der Waals surface area contributed by atoms with Gasteiger partial charge >= 0.3 is 5.97 Å². The summed E-state index contributed by atoms with van der Waals surface area (Å²) in [4.78, 5) is 11.1. The number of methoxy groups -OCH3 is 1. The third-order valence-corrected chi connectivity index (χ3v) is 10.7. The molecule has 0 fully saturated rings. The summed E-state index contributed by atoms with van der Waals surface area (Å²) in [5, 5.41) is 4.32. The van der Waals surface area contributed by atoms with Crippen molar-refractivity contribution in [1.29, 1.82) is 0 Å². The Labute approximate surface area is 217 Å². The van der Waals surface area contributed by atoms with Crippen LogP contribution < -0.4 is 15.9 Å². The maximum Gasteiger partial charge on any atom is 0.305 e. The lowest BCUT2D eigenvalue weighted by atomic mass is 10.2. The zero-order valence-corrected chi connectivity index (χ0v) is 22.2. The van der Waals surface area contributed by atoms with Gasteiger partial charge in [-0.1, -0.05) is 91.1 Å². The lowest BCUT2D eigenvalue weighted by Crippen LogP contribution is -2.33. The monoisotopic (exact) mass is 497 g/mol. The topological polar surface area (TPSA) is 26.3 Å². The van der Waals surface area contributed by atoms with E-state index in [0.29, 0.717) is 6.42 Å². The molecule has 3 aromatic carbocycles. The number of benzene rings is 3. The summed E-state index contributed by atoms with van der Waals surface area (Å²) in [7, 11) is -0.313. The highest BCUT2D eigenvalue weighted by molar-refractivity contribution is 7.95. The predicted octanol–water partition coefficient (Wildman–Crippen LogP) is 7.16. The Morgan fingerprint density at radius 2 is 1.06 bits per heavy atom. The number of esters is 1. The van der Waals surface area contributed by atoms with Gasteiger partial charge in [0.05, 0.1) is 13.3 Å². The van der Waals surface area contributed by atoms with E-state index in [0.717, 1.165) is 38.3 Å². The van der Waals surface area contributed by atoms with Crippen molar-refractivity contribution in [2.24, 2.45) is 0 Å². The lowest BCUT2D eigenvalue weighted by molar-refractivity contribution is -0.140. The van der Waals surface area contributed by atoms with Crippen LogP contribution in [0, 0.1) is 0 Å². The van der Waals surface area contributed by atoms with E-state index in [2.05, 4.69) is 132 Å². The first-order valence-electron chi connectivity index (χ1n) is 12.8. The van der Waals surface area contributed by atoms with Gasteiger partial charge in [0.2, 0.25) is 0 Å². The Morgan fingerprint density at radius 1 is 0.639 bits per heavy atom. The van der Waals surface area contributed by atoms with Gasteiger partial charge in [-0.05, 0) is 62.1 Å². The molecule has 0 saturated carbocycles. The van der Waals surface area contributed by atoms with Gasteiger partial charge in [-0.15, -0.1) is 0 Å². The van der Waals surface area contributed by atoms with Crippen molar-refractivity contribution in [2.45, 2.75) is 38.5 Å². The highest BCUT2D eigenvalue weighted by Crippen LogP contribution is 2.55. The third-order valence-electron chi connectivity index (χ3n) is 6.25. The number of unbranched alkanes of at least 4 members (excludes halogenated alkanes) is 1. The Kier molecular flexibility index (Phi) is 11.9. The fourth-order valence-electron chi connectivity index (χ4n) is 4.39. The van der Waals surface area contributed by atoms with Gasteiger partial charge in [-0.3, -0.25) is 4.79 Å². The van der Waals surface area contributed by atoms with E-state index in [1.807, 2.05) is 0 Å². The molecular weight excluding hydrogens is 459 g/mol. The van der Waals surface area contributed by atoms with E-state index in [4.69, 9.17) is 0 Å². The molecule has 0 aliphatic heterocycles. The molecule has 3 rings (SSSR count). The molecule has 0 atom stereocenters. The van der Waals surface area contributed by atoms with Gasteiger partial charge in [0.25, 0.3) is 0 Å². The summed E-state index contributed by atoms with van der Waals surface area (Å²) < 4.78 is 4.66. The number of carbonyl (C=O) groups excluding carboxylic acids is 1. The van der Waals surface area contributed by atoms with E-state index in [9.17, 15) is 4.79 Å². The van der Waals surface area contributed by atoms with Crippen LogP contribution in [0.1, 0.15) is 38.5 Å². The van der Waals surface area contributed by atoms with Crippen LogP contribution >= 0.6 is 7.26 Å². The maximum atomic E-state index is 11.1. The summed E-state index contributed by atoms with van der Waals surface area (Å²) in [6.07, 6.45) is 19.6. The number of rotatable bonds is 14. The van der Waals surface area contributed by atoms with Crippen molar-refractivity contribution in [3.8, 4) is 0 Å². The maximum absolute atomic E-state index is 11.1. The molecule has 0 aliphatic carbocycles. The molecule has 186 valence electrons. The van der Waals surface area contributed by atoms with E-state index in [1.54, 1.807) is 0 Å². The average molecular weight is 498 g/mol. The molecule has 3 heteroatoms. The highest BCUT2D eigenvalue weighted by atomic mass is 31.2.